The van der Waals surface area contributed by atoms with Gasteiger partial charge < -0.3 is 24.1 Å². The lowest BCUT2D eigenvalue weighted by molar-refractivity contribution is -0.113. The Bertz CT molecular complexity index is 1270. The maximum absolute atomic E-state index is 12.8. The zero-order valence-corrected chi connectivity index (χ0v) is 23.2. The van der Waals surface area contributed by atoms with Crippen LogP contribution in [-0.4, -0.2) is 51.6 Å². The van der Waals surface area contributed by atoms with E-state index in [1.807, 2.05) is 38.1 Å². The van der Waals surface area contributed by atoms with E-state index in [2.05, 4.69) is 15.5 Å². The van der Waals surface area contributed by atoms with Crippen molar-refractivity contribution in [2.45, 2.75) is 45.9 Å². The summed E-state index contributed by atoms with van der Waals surface area (Å²) >= 11 is 2.17. The van der Waals surface area contributed by atoms with Crippen LogP contribution in [0.1, 0.15) is 63.9 Å². The van der Waals surface area contributed by atoms with Gasteiger partial charge in [-0.1, -0.05) is 29.5 Å². The van der Waals surface area contributed by atoms with Crippen molar-refractivity contribution in [2.24, 2.45) is 7.05 Å². The average molecular weight is 547 g/mol. The fourth-order valence-corrected chi connectivity index (χ4v) is 5.24. The lowest BCUT2D eigenvalue weighted by Gasteiger charge is -2.14. The highest BCUT2D eigenvalue weighted by Crippen LogP contribution is 2.34. The summed E-state index contributed by atoms with van der Waals surface area (Å²) in [6.07, 6.45) is -0.356. The number of esters is 2. The highest BCUT2D eigenvalue weighted by molar-refractivity contribution is 7.99. The van der Waals surface area contributed by atoms with Crippen LogP contribution in [0, 0.1) is 13.8 Å². The molecule has 1 aromatic carbocycles. The summed E-state index contributed by atoms with van der Waals surface area (Å²) in [4.78, 5) is 37.9. The van der Waals surface area contributed by atoms with Gasteiger partial charge in [0.2, 0.25) is 5.91 Å². The summed E-state index contributed by atoms with van der Waals surface area (Å²) in [5.41, 5.74) is 1.70. The average Bonchev–Trinajstić information content (AvgIpc) is 3.38. The monoisotopic (exact) mass is 546 g/mol. The topological polar surface area (TPSA) is 122 Å². The molecule has 0 saturated heterocycles. The third-order valence-electron chi connectivity index (χ3n) is 5.24. The van der Waals surface area contributed by atoms with Crippen LogP contribution in [0.3, 0.4) is 0 Å². The molecule has 10 nitrogen and oxygen atoms in total. The van der Waals surface area contributed by atoms with E-state index in [0.29, 0.717) is 16.5 Å². The molecule has 12 heteroatoms. The largest absolute Gasteiger partial charge is 0.483 e. The van der Waals surface area contributed by atoms with Crippen molar-refractivity contribution in [2.75, 3.05) is 24.3 Å². The minimum atomic E-state index is -0.616. The van der Waals surface area contributed by atoms with Gasteiger partial charge in [-0.05, 0) is 52.3 Å². The number of nitrogens with zero attached hydrogens (tertiary/aromatic N) is 3. The van der Waals surface area contributed by atoms with Crippen LogP contribution in [0.2, 0.25) is 0 Å². The van der Waals surface area contributed by atoms with Crippen LogP contribution in [-0.2, 0) is 21.3 Å². The second-order valence-corrected chi connectivity index (χ2v) is 9.97. The lowest BCUT2D eigenvalue weighted by Crippen LogP contribution is -2.17. The van der Waals surface area contributed by atoms with Gasteiger partial charge in [0.05, 0.1) is 24.5 Å². The Morgan fingerprint density at radius 2 is 1.70 bits per heavy atom. The first-order chi connectivity index (χ1) is 17.7. The number of ether oxygens (including phenoxy) is 3. The fourth-order valence-electron chi connectivity index (χ4n) is 3.41. The molecule has 1 unspecified atom stereocenters. The molecule has 0 bridgehead atoms. The van der Waals surface area contributed by atoms with Gasteiger partial charge in [-0.15, -0.1) is 21.5 Å². The fraction of sp³-hybridized carbons (Fsp3) is 0.400. The molecular weight excluding hydrogens is 516 g/mol. The standard InChI is InChI=1S/C25H30N4O6S2/c1-7-33-23(31)19-15(4)20(24(32)34-8-2)37-22(19)26-18(30)13-36-25-28-27-21(29(25)6)16(5)35-17-11-9-14(3)10-12-17/h9-12,16H,7-8,13H2,1-6H3,(H,26,30). The van der Waals surface area contributed by atoms with E-state index in [0.717, 1.165) is 22.6 Å². The number of rotatable bonds is 11. The molecule has 1 N–H and O–H groups in total. The minimum Gasteiger partial charge on any atom is -0.483 e. The molecule has 0 saturated carbocycles. The van der Waals surface area contributed by atoms with Crippen molar-refractivity contribution in [3.8, 4) is 5.75 Å². The van der Waals surface area contributed by atoms with Crippen LogP contribution >= 0.6 is 23.1 Å². The molecule has 2 heterocycles. The molecule has 0 aliphatic rings. The molecule has 37 heavy (non-hydrogen) atoms. The molecule has 0 spiro atoms. The van der Waals surface area contributed by atoms with Gasteiger partial charge in [0.1, 0.15) is 15.6 Å². The van der Waals surface area contributed by atoms with Gasteiger partial charge in [-0.2, -0.15) is 0 Å². The van der Waals surface area contributed by atoms with E-state index in [9.17, 15) is 14.4 Å². The van der Waals surface area contributed by atoms with Gasteiger partial charge in [0.25, 0.3) is 0 Å². The van der Waals surface area contributed by atoms with Gasteiger partial charge in [0.15, 0.2) is 17.1 Å². The van der Waals surface area contributed by atoms with Crippen molar-refractivity contribution in [1.82, 2.24) is 14.8 Å². The molecule has 0 aliphatic heterocycles. The minimum absolute atomic E-state index is 0.00707. The third kappa shape index (κ3) is 6.89. The Balaban J connectivity index is 1.69. The summed E-state index contributed by atoms with van der Waals surface area (Å²) < 4.78 is 17.9. The number of thioether (sulfide) groups is 1. The summed E-state index contributed by atoms with van der Waals surface area (Å²) in [6, 6.07) is 7.73. The smallest absolute Gasteiger partial charge is 0.348 e. The lowest BCUT2D eigenvalue weighted by atomic mass is 10.1. The van der Waals surface area contributed by atoms with Gasteiger partial charge in [-0.25, -0.2) is 9.59 Å². The highest BCUT2D eigenvalue weighted by atomic mass is 32.2. The molecule has 0 radical (unpaired) electrons. The second kappa shape index (κ2) is 12.7. The summed E-state index contributed by atoms with van der Waals surface area (Å²) in [6.45, 7) is 9.24. The maximum atomic E-state index is 12.8. The Morgan fingerprint density at radius 1 is 1.05 bits per heavy atom. The second-order valence-electron chi connectivity index (χ2n) is 8.01. The van der Waals surface area contributed by atoms with Gasteiger partial charge >= 0.3 is 11.9 Å². The van der Waals surface area contributed by atoms with Crippen LogP contribution in [0.5, 0.6) is 5.75 Å². The molecule has 3 rings (SSSR count). The quantitative estimate of drug-likeness (QED) is 0.269. The van der Waals surface area contributed by atoms with Crippen molar-refractivity contribution in [3.05, 3.63) is 51.7 Å². The Kier molecular flexibility index (Phi) is 9.70. The molecule has 198 valence electrons. The number of hydrogen-bond acceptors (Lipinski definition) is 10. The van der Waals surface area contributed by atoms with Crippen molar-refractivity contribution < 1.29 is 28.6 Å². The molecule has 2 aromatic heterocycles. The van der Waals surface area contributed by atoms with Crippen LogP contribution < -0.4 is 10.1 Å². The first-order valence-corrected chi connectivity index (χ1v) is 13.5. The Labute approximate surface area is 223 Å². The molecule has 1 atom stereocenters. The number of nitrogens with one attached hydrogen (secondary N) is 1. The molecule has 1 amide bonds. The molecule has 3 aromatic rings. The van der Waals surface area contributed by atoms with Gasteiger partial charge in [-0.3, -0.25) is 4.79 Å². The maximum Gasteiger partial charge on any atom is 0.348 e. The van der Waals surface area contributed by atoms with E-state index >= 15 is 0 Å². The first-order valence-electron chi connectivity index (χ1n) is 11.7. The number of aryl methyl sites for hydroxylation is 1. The number of amides is 1. The number of hydrogen-bond donors (Lipinski definition) is 1. The molecular formula is C25H30N4O6S2. The number of thiophene rings is 1. The van der Waals surface area contributed by atoms with Crippen LogP contribution in [0.15, 0.2) is 29.4 Å². The number of carbonyl (C=O) groups is 3. The van der Waals surface area contributed by atoms with Crippen molar-refractivity contribution in [1.29, 1.82) is 0 Å². The first kappa shape index (κ1) is 28.2. The zero-order chi connectivity index (χ0) is 27.1. The highest BCUT2D eigenvalue weighted by Gasteiger charge is 2.27. The number of anilines is 1. The number of benzene rings is 1. The van der Waals surface area contributed by atoms with E-state index in [1.165, 1.54) is 11.8 Å². The summed E-state index contributed by atoms with van der Waals surface area (Å²) in [5, 5.41) is 11.9. The summed E-state index contributed by atoms with van der Waals surface area (Å²) in [5.74, 6) is -0.204. The SMILES string of the molecule is CCOC(=O)c1sc(NC(=O)CSc2nnc(C(C)Oc3ccc(C)cc3)n2C)c(C(=O)OCC)c1C. The zero-order valence-electron chi connectivity index (χ0n) is 21.6. The van der Waals surface area contributed by atoms with E-state index in [4.69, 9.17) is 14.2 Å². The van der Waals surface area contributed by atoms with Crippen LogP contribution in [0.25, 0.3) is 0 Å². The van der Waals surface area contributed by atoms with Crippen molar-refractivity contribution >= 4 is 45.9 Å². The molecule has 0 aliphatic carbocycles. The normalized spacial score (nSPS) is 11.6. The Hall–Kier alpha value is -3.38. The predicted octanol–water partition coefficient (Wildman–Crippen LogP) is 4.72. The predicted molar refractivity (Wildman–Crippen MR) is 142 cm³/mol. The molecule has 0 fully saturated rings. The summed E-state index contributed by atoms with van der Waals surface area (Å²) in [7, 11) is 1.80. The third-order valence-corrected chi connectivity index (χ3v) is 7.45. The van der Waals surface area contributed by atoms with Crippen molar-refractivity contribution in [3.63, 3.8) is 0 Å². The van der Waals surface area contributed by atoms with E-state index in [1.54, 1.807) is 32.4 Å². The van der Waals surface area contributed by atoms with Gasteiger partial charge in [0, 0.05) is 7.05 Å². The van der Waals surface area contributed by atoms with Crippen LogP contribution in [0.4, 0.5) is 5.00 Å². The number of aromatic nitrogens is 3. The van der Waals surface area contributed by atoms with E-state index < -0.39 is 11.9 Å². The number of carbonyl (C=O) groups excluding carboxylic acids is 3. The Morgan fingerprint density at radius 3 is 2.35 bits per heavy atom. The van der Waals surface area contributed by atoms with E-state index in [-0.39, 0.29) is 46.4 Å².